The Hall–Kier alpha value is -3.13. The lowest BCUT2D eigenvalue weighted by molar-refractivity contribution is -0.137. The number of carbonyl (C=O) groups is 1. The minimum Gasteiger partial charge on any atom is -0.336 e. The van der Waals surface area contributed by atoms with Crippen molar-refractivity contribution in [1.29, 1.82) is 0 Å². The summed E-state index contributed by atoms with van der Waals surface area (Å²) in [5.41, 5.74) is 1.38. The molecule has 1 amide bonds. The van der Waals surface area contributed by atoms with Crippen LogP contribution in [0, 0.1) is 0 Å². The topological polar surface area (TPSA) is 41.4 Å². The first-order valence-corrected chi connectivity index (χ1v) is 9.68. The van der Waals surface area contributed by atoms with Gasteiger partial charge in [0, 0.05) is 38.9 Å². The van der Waals surface area contributed by atoms with Gasteiger partial charge in [-0.05, 0) is 23.8 Å². The number of aromatic nitrogens is 2. The number of hydrogen-bond donors (Lipinski definition) is 0. The second kappa shape index (κ2) is 8.31. The third-order valence-electron chi connectivity index (χ3n) is 5.17. The Morgan fingerprint density at radius 2 is 1.70 bits per heavy atom. The van der Waals surface area contributed by atoms with Crippen molar-refractivity contribution in [2.45, 2.75) is 12.7 Å². The summed E-state index contributed by atoms with van der Waals surface area (Å²) >= 11 is 0. The zero-order valence-corrected chi connectivity index (χ0v) is 16.2. The molecule has 156 valence electrons. The number of hydrogen-bond acceptors (Lipinski definition) is 3. The highest BCUT2D eigenvalue weighted by Gasteiger charge is 2.30. The van der Waals surface area contributed by atoms with Crippen molar-refractivity contribution in [2.24, 2.45) is 0 Å². The van der Waals surface area contributed by atoms with Crippen LogP contribution in [0.1, 0.15) is 21.5 Å². The molecule has 0 atom stereocenters. The van der Waals surface area contributed by atoms with E-state index >= 15 is 0 Å². The van der Waals surface area contributed by atoms with Crippen LogP contribution in [0.2, 0.25) is 0 Å². The van der Waals surface area contributed by atoms with Gasteiger partial charge in [-0.15, -0.1) is 0 Å². The van der Waals surface area contributed by atoms with Crippen LogP contribution >= 0.6 is 0 Å². The average molecular weight is 414 g/mol. The molecule has 0 aliphatic carbocycles. The number of para-hydroxylation sites is 1. The summed E-state index contributed by atoms with van der Waals surface area (Å²) in [6.07, 6.45) is -1.07. The molecular weight excluding hydrogens is 393 g/mol. The predicted molar refractivity (Wildman–Crippen MR) is 106 cm³/mol. The highest BCUT2D eigenvalue weighted by Crippen LogP contribution is 2.29. The van der Waals surface area contributed by atoms with Gasteiger partial charge in [0.15, 0.2) is 0 Å². The summed E-state index contributed by atoms with van der Waals surface area (Å²) in [4.78, 5) is 16.6. The van der Waals surface area contributed by atoms with E-state index in [1.807, 2.05) is 30.3 Å². The molecule has 1 aliphatic rings. The number of benzene rings is 2. The van der Waals surface area contributed by atoms with Crippen LogP contribution in [-0.2, 0) is 12.7 Å². The van der Waals surface area contributed by atoms with Gasteiger partial charge in [0.2, 0.25) is 0 Å². The molecule has 0 saturated carbocycles. The third-order valence-corrected chi connectivity index (χ3v) is 5.17. The maximum Gasteiger partial charge on any atom is 0.416 e. The number of amides is 1. The molecule has 0 unspecified atom stereocenters. The van der Waals surface area contributed by atoms with Crippen LogP contribution < -0.4 is 0 Å². The molecule has 0 bridgehead atoms. The fourth-order valence-corrected chi connectivity index (χ4v) is 3.55. The van der Waals surface area contributed by atoms with E-state index < -0.39 is 11.7 Å². The Balaban J connectivity index is 1.35. The van der Waals surface area contributed by atoms with Gasteiger partial charge in [-0.25, -0.2) is 4.68 Å². The van der Waals surface area contributed by atoms with E-state index in [0.29, 0.717) is 43.9 Å². The Kier molecular flexibility index (Phi) is 5.59. The van der Waals surface area contributed by atoms with E-state index in [9.17, 15) is 18.0 Å². The first-order chi connectivity index (χ1) is 14.4. The number of halogens is 3. The maximum atomic E-state index is 12.9. The van der Waals surface area contributed by atoms with E-state index in [2.05, 4.69) is 10.00 Å². The lowest BCUT2D eigenvalue weighted by Crippen LogP contribution is -2.48. The molecule has 1 saturated heterocycles. The quantitative estimate of drug-likeness (QED) is 0.651. The molecule has 2 aromatic carbocycles. The normalized spacial score (nSPS) is 15.4. The van der Waals surface area contributed by atoms with Crippen LogP contribution in [0.5, 0.6) is 0 Å². The Morgan fingerprint density at radius 3 is 2.40 bits per heavy atom. The number of carbonyl (C=O) groups excluding carboxylic acids is 1. The summed E-state index contributed by atoms with van der Waals surface area (Å²) in [6.45, 7) is 2.68. The van der Waals surface area contributed by atoms with E-state index in [1.54, 1.807) is 28.0 Å². The van der Waals surface area contributed by atoms with Crippen LogP contribution in [0.3, 0.4) is 0 Å². The molecule has 1 aromatic heterocycles. The third kappa shape index (κ3) is 4.54. The number of piperazine rings is 1. The molecule has 8 heteroatoms. The number of alkyl halides is 3. The average Bonchev–Trinajstić information content (AvgIpc) is 3.24. The zero-order chi connectivity index (χ0) is 21.1. The molecule has 4 rings (SSSR count). The van der Waals surface area contributed by atoms with Gasteiger partial charge in [-0.2, -0.15) is 18.3 Å². The summed E-state index contributed by atoms with van der Waals surface area (Å²) < 4.78 is 40.3. The lowest BCUT2D eigenvalue weighted by Gasteiger charge is -2.34. The van der Waals surface area contributed by atoms with Crippen molar-refractivity contribution >= 4 is 5.91 Å². The number of nitrogens with zero attached hydrogens (tertiary/aromatic N) is 4. The molecule has 0 radical (unpaired) electrons. The van der Waals surface area contributed by atoms with Gasteiger partial charge < -0.3 is 4.90 Å². The van der Waals surface area contributed by atoms with Crippen LogP contribution in [0.15, 0.2) is 67.0 Å². The van der Waals surface area contributed by atoms with E-state index in [1.165, 1.54) is 12.1 Å². The van der Waals surface area contributed by atoms with Crippen molar-refractivity contribution in [2.75, 3.05) is 26.2 Å². The molecule has 30 heavy (non-hydrogen) atoms. The lowest BCUT2D eigenvalue weighted by atomic mass is 10.1. The molecule has 1 aliphatic heterocycles. The molecule has 0 N–H and O–H groups in total. The minimum absolute atomic E-state index is 0.0871. The van der Waals surface area contributed by atoms with E-state index in [-0.39, 0.29) is 5.91 Å². The largest absolute Gasteiger partial charge is 0.416 e. The second-order valence-corrected chi connectivity index (χ2v) is 7.28. The van der Waals surface area contributed by atoms with Crippen molar-refractivity contribution in [3.05, 3.63) is 83.7 Å². The molecule has 1 fully saturated rings. The second-order valence-electron chi connectivity index (χ2n) is 7.28. The summed E-state index contributed by atoms with van der Waals surface area (Å²) in [7, 11) is 0. The highest BCUT2D eigenvalue weighted by atomic mass is 19.4. The molecule has 3 aromatic rings. The molecular formula is C22H21F3N4O. The Morgan fingerprint density at radius 1 is 0.967 bits per heavy atom. The molecule has 2 heterocycles. The fourth-order valence-electron chi connectivity index (χ4n) is 3.55. The monoisotopic (exact) mass is 414 g/mol. The first kappa shape index (κ1) is 20.2. The van der Waals surface area contributed by atoms with Crippen molar-refractivity contribution in [3.8, 4) is 5.69 Å². The fraction of sp³-hybridized carbons (Fsp3) is 0.273. The van der Waals surface area contributed by atoms with E-state index in [0.717, 1.165) is 11.8 Å². The van der Waals surface area contributed by atoms with E-state index in [4.69, 9.17) is 0 Å². The van der Waals surface area contributed by atoms with Gasteiger partial charge in [0.1, 0.15) is 0 Å². The number of rotatable bonds is 4. The Labute approximate surface area is 172 Å². The Bertz CT molecular complexity index is 1010. The standard InChI is InChI=1S/C22H21F3N4O/c23-22(24,25)19-6-4-5-17(13-19)15-27-9-11-28(12-10-27)21(30)18-14-26-29(16-18)20-7-2-1-3-8-20/h1-8,13-14,16H,9-12,15H2. The maximum absolute atomic E-state index is 12.9. The van der Waals surface area contributed by atoms with Crippen LogP contribution in [0.4, 0.5) is 13.2 Å². The van der Waals surface area contributed by atoms with Crippen LogP contribution in [-0.4, -0.2) is 51.7 Å². The molecule has 5 nitrogen and oxygen atoms in total. The first-order valence-electron chi connectivity index (χ1n) is 9.68. The van der Waals surface area contributed by atoms with Gasteiger partial charge in [0.25, 0.3) is 5.91 Å². The molecule has 0 spiro atoms. The zero-order valence-electron chi connectivity index (χ0n) is 16.2. The minimum atomic E-state index is -4.34. The summed E-state index contributed by atoms with van der Waals surface area (Å²) in [5.74, 6) is -0.0871. The summed E-state index contributed by atoms with van der Waals surface area (Å²) in [5, 5.41) is 4.27. The summed E-state index contributed by atoms with van der Waals surface area (Å²) in [6, 6.07) is 14.9. The van der Waals surface area contributed by atoms with Gasteiger partial charge in [-0.1, -0.05) is 36.4 Å². The highest BCUT2D eigenvalue weighted by molar-refractivity contribution is 5.93. The van der Waals surface area contributed by atoms with Crippen molar-refractivity contribution in [1.82, 2.24) is 19.6 Å². The van der Waals surface area contributed by atoms with Crippen LogP contribution in [0.25, 0.3) is 5.69 Å². The van der Waals surface area contributed by atoms with Crippen molar-refractivity contribution < 1.29 is 18.0 Å². The van der Waals surface area contributed by atoms with Gasteiger partial charge in [0.05, 0.1) is 23.0 Å². The smallest absolute Gasteiger partial charge is 0.336 e. The SMILES string of the molecule is O=C(c1cnn(-c2ccccc2)c1)N1CCN(Cc2cccc(C(F)(F)F)c2)CC1. The van der Waals surface area contributed by atoms with Gasteiger partial charge in [-0.3, -0.25) is 9.69 Å². The predicted octanol–water partition coefficient (Wildman–Crippen LogP) is 3.85. The van der Waals surface area contributed by atoms with Gasteiger partial charge >= 0.3 is 6.18 Å². The van der Waals surface area contributed by atoms with Crippen molar-refractivity contribution in [3.63, 3.8) is 0 Å².